The van der Waals surface area contributed by atoms with E-state index in [1.807, 2.05) is 13.8 Å². The lowest BCUT2D eigenvalue weighted by atomic mass is 9.96. The van der Waals surface area contributed by atoms with Gasteiger partial charge in [-0.1, -0.05) is 13.3 Å². The van der Waals surface area contributed by atoms with Gasteiger partial charge in [-0.3, -0.25) is 9.59 Å². The van der Waals surface area contributed by atoms with Crippen LogP contribution in [0.3, 0.4) is 0 Å². The molecule has 21 heavy (non-hydrogen) atoms. The molecule has 1 rings (SSSR count). The fourth-order valence-electron chi connectivity index (χ4n) is 2.28. The van der Waals surface area contributed by atoms with Gasteiger partial charge in [0.05, 0.1) is 5.56 Å². The lowest BCUT2D eigenvalue weighted by Gasteiger charge is -2.15. The van der Waals surface area contributed by atoms with Crippen molar-refractivity contribution in [1.82, 2.24) is 4.98 Å². The summed E-state index contributed by atoms with van der Waals surface area (Å²) in [6, 6.07) is 1.74. The number of nitrogens with two attached hydrogens (primary N) is 1. The van der Waals surface area contributed by atoms with E-state index < -0.39 is 11.9 Å². The molecule has 1 aromatic heterocycles. The zero-order valence-corrected chi connectivity index (χ0v) is 12.6. The second kappa shape index (κ2) is 8.24. The molecule has 0 fully saturated rings. The van der Waals surface area contributed by atoms with Crippen molar-refractivity contribution in [3.8, 4) is 0 Å². The highest BCUT2D eigenvalue weighted by Crippen LogP contribution is 2.18. The number of primary amides is 1. The van der Waals surface area contributed by atoms with Crippen LogP contribution in [0.5, 0.6) is 0 Å². The van der Waals surface area contributed by atoms with E-state index in [1.54, 1.807) is 12.3 Å². The average molecular weight is 293 g/mol. The summed E-state index contributed by atoms with van der Waals surface area (Å²) in [4.78, 5) is 26.2. The average Bonchev–Trinajstić information content (AvgIpc) is 2.41. The molecule has 0 radical (unpaired) electrons. The van der Waals surface area contributed by atoms with Gasteiger partial charge in [-0.05, 0) is 37.3 Å². The second-order valence-electron chi connectivity index (χ2n) is 5.14. The Bertz CT molecular complexity index is 503. The molecule has 0 aliphatic rings. The third kappa shape index (κ3) is 5.41. The number of aliphatic carboxylic acids is 1. The Kier molecular flexibility index (Phi) is 6.65. The maximum atomic E-state index is 11.5. The van der Waals surface area contributed by atoms with Crippen LogP contribution in [-0.4, -0.2) is 28.5 Å². The fourth-order valence-corrected chi connectivity index (χ4v) is 2.28. The van der Waals surface area contributed by atoms with E-state index in [4.69, 9.17) is 10.8 Å². The number of nitrogens with zero attached hydrogens (tertiary/aromatic N) is 1. The molecule has 0 spiro atoms. The first kappa shape index (κ1) is 16.9. The van der Waals surface area contributed by atoms with E-state index in [2.05, 4.69) is 10.3 Å². The van der Waals surface area contributed by atoms with Crippen molar-refractivity contribution in [1.29, 1.82) is 0 Å². The highest BCUT2D eigenvalue weighted by Gasteiger charge is 2.13. The van der Waals surface area contributed by atoms with Gasteiger partial charge >= 0.3 is 5.97 Å². The second-order valence-corrected chi connectivity index (χ2v) is 5.14. The van der Waals surface area contributed by atoms with Gasteiger partial charge in [0.1, 0.15) is 5.82 Å². The lowest BCUT2D eigenvalue weighted by molar-refractivity contribution is -0.137. The third-order valence-electron chi connectivity index (χ3n) is 3.59. The molecule has 116 valence electrons. The molecular formula is C15H23N3O3. The van der Waals surface area contributed by atoms with E-state index in [1.165, 1.54) is 0 Å². The van der Waals surface area contributed by atoms with Crippen LogP contribution in [0, 0.1) is 12.8 Å². The summed E-state index contributed by atoms with van der Waals surface area (Å²) in [6.45, 7) is 4.50. The molecule has 0 saturated carbocycles. The van der Waals surface area contributed by atoms with E-state index in [-0.39, 0.29) is 6.42 Å². The van der Waals surface area contributed by atoms with Crippen LogP contribution >= 0.6 is 0 Å². The van der Waals surface area contributed by atoms with Crippen LogP contribution in [0.25, 0.3) is 0 Å². The molecule has 0 aliphatic heterocycles. The van der Waals surface area contributed by atoms with E-state index in [0.29, 0.717) is 30.3 Å². The lowest BCUT2D eigenvalue weighted by Crippen LogP contribution is -2.18. The Morgan fingerprint density at radius 3 is 2.71 bits per heavy atom. The Labute approximate surface area is 124 Å². The number of pyridine rings is 1. The Hall–Kier alpha value is -2.11. The molecule has 0 bridgehead atoms. The van der Waals surface area contributed by atoms with Gasteiger partial charge in [0.15, 0.2) is 0 Å². The van der Waals surface area contributed by atoms with Gasteiger partial charge in [-0.15, -0.1) is 0 Å². The van der Waals surface area contributed by atoms with E-state index in [0.717, 1.165) is 18.4 Å². The number of rotatable bonds is 9. The number of amides is 1. The van der Waals surface area contributed by atoms with Gasteiger partial charge in [-0.25, -0.2) is 4.98 Å². The number of nitrogens with one attached hydrogen (secondary N) is 1. The first-order valence-electron chi connectivity index (χ1n) is 7.16. The summed E-state index contributed by atoms with van der Waals surface area (Å²) < 4.78 is 0. The van der Waals surface area contributed by atoms with E-state index in [9.17, 15) is 9.59 Å². The molecule has 1 unspecified atom stereocenters. The standard InChI is InChI=1S/C15H23N3O3/c1-3-11(4-5-12(19)20)7-9-18-15-13(14(16)21)10(2)6-8-17-15/h6,8,11H,3-5,7,9H2,1-2H3,(H2,16,21)(H,17,18)(H,19,20). The number of carbonyl (C=O) groups is 2. The summed E-state index contributed by atoms with van der Waals surface area (Å²) >= 11 is 0. The Morgan fingerprint density at radius 1 is 1.43 bits per heavy atom. The quantitative estimate of drug-likeness (QED) is 0.647. The number of aryl methyl sites for hydroxylation is 1. The van der Waals surface area contributed by atoms with Crippen molar-refractivity contribution in [2.45, 2.75) is 39.5 Å². The highest BCUT2D eigenvalue weighted by molar-refractivity contribution is 5.98. The van der Waals surface area contributed by atoms with Gasteiger partial charge < -0.3 is 16.2 Å². The molecule has 0 saturated heterocycles. The zero-order valence-electron chi connectivity index (χ0n) is 12.6. The van der Waals surface area contributed by atoms with Crippen molar-refractivity contribution in [3.63, 3.8) is 0 Å². The van der Waals surface area contributed by atoms with Gasteiger partial charge in [0.2, 0.25) is 0 Å². The molecule has 0 aliphatic carbocycles. The largest absolute Gasteiger partial charge is 0.481 e. The summed E-state index contributed by atoms with van der Waals surface area (Å²) in [5.41, 5.74) is 6.57. The number of anilines is 1. The van der Waals surface area contributed by atoms with Gasteiger partial charge in [0, 0.05) is 19.2 Å². The molecule has 1 aromatic rings. The molecule has 6 nitrogen and oxygen atoms in total. The Balaban J connectivity index is 2.57. The minimum absolute atomic E-state index is 0.188. The van der Waals surface area contributed by atoms with Crippen molar-refractivity contribution in [2.24, 2.45) is 11.7 Å². The first-order chi connectivity index (χ1) is 9.95. The van der Waals surface area contributed by atoms with Crippen molar-refractivity contribution in [3.05, 3.63) is 23.4 Å². The minimum atomic E-state index is -0.766. The van der Waals surface area contributed by atoms with Crippen LogP contribution in [-0.2, 0) is 4.79 Å². The van der Waals surface area contributed by atoms with Gasteiger partial charge in [0.25, 0.3) is 5.91 Å². The van der Waals surface area contributed by atoms with Crippen LogP contribution in [0.2, 0.25) is 0 Å². The smallest absolute Gasteiger partial charge is 0.303 e. The summed E-state index contributed by atoms with van der Waals surface area (Å²) in [6.07, 6.45) is 4.24. The summed E-state index contributed by atoms with van der Waals surface area (Å²) in [5.74, 6) is -0.426. The van der Waals surface area contributed by atoms with Gasteiger partial charge in [-0.2, -0.15) is 0 Å². The normalized spacial score (nSPS) is 11.9. The fraction of sp³-hybridized carbons (Fsp3) is 0.533. The number of carboxylic acid groups (broad SMARTS) is 1. The minimum Gasteiger partial charge on any atom is -0.481 e. The molecule has 1 heterocycles. The highest BCUT2D eigenvalue weighted by atomic mass is 16.4. The number of aromatic nitrogens is 1. The number of carboxylic acids is 1. The first-order valence-corrected chi connectivity index (χ1v) is 7.16. The molecule has 4 N–H and O–H groups in total. The molecule has 1 atom stereocenters. The monoisotopic (exact) mass is 293 g/mol. The van der Waals surface area contributed by atoms with Crippen LogP contribution in [0.4, 0.5) is 5.82 Å². The predicted molar refractivity (Wildman–Crippen MR) is 81.2 cm³/mol. The van der Waals surface area contributed by atoms with Crippen molar-refractivity contribution in [2.75, 3.05) is 11.9 Å². The maximum Gasteiger partial charge on any atom is 0.303 e. The van der Waals surface area contributed by atoms with Crippen molar-refractivity contribution >= 4 is 17.7 Å². The van der Waals surface area contributed by atoms with Crippen LogP contribution in [0.1, 0.15) is 48.5 Å². The third-order valence-corrected chi connectivity index (χ3v) is 3.59. The molecule has 0 aromatic carbocycles. The summed E-state index contributed by atoms with van der Waals surface area (Å²) in [5, 5.41) is 11.8. The predicted octanol–water partition coefficient (Wildman–Crippen LogP) is 2.18. The zero-order chi connectivity index (χ0) is 15.8. The SMILES string of the molecule is CCC(CCNc1nccc(C)c1C(N)=O)CCC(=O)O. The topological polar surface area (TPSA) is 105 Å². The number of carbonyl (C=O) groups excluding carboxylic acids is 1. The number of hydrogen-bond acceptors (Lipinski definition) is 4. The van der Waals surface area contributed by atoms with Crippen LogP contribution in [0.15, 0.2) is 12.3 Å². The maximum absolute atomic E-state index is 11.5. The molecule has 1 amide bonds. The Morgan fingerprint density at radius 2 is 2.14 bits per heavy atom. The number of hydrogen-bond donors (Lipinski definition) is 3. The van der Waals surface area contributed by atoms with Crippen molar-refractivity contribution < 1.29 is 14.7 Å². The molecule has 6 heteroatoms. The van der Waals surface area contributed by atoms with E-state index >= 15 is 0 Å². The summed E-state index contributed by atoms with van der Waals surface area (Å²) in [7, 11) is 0. The molecular weight excluding hydrogens is 270 g/mol. The van der Waals surface area contributed by atoms with Crippen LogP contribution < -0.4 is 11.1 Å².